The fourth-order valence-corrected chi connectivity index (χ4v) is 1.27. The quantitative estimate of drug-likeness (QED) is 0.794. The lowest BCUT2D eigenvalue weighted by atomic mass is 9.83. The van der Waals surface area contributed by atoms with Gasteiger partial charge < -0.3 is 5.73 Å². The zero-order valence-corrected chi connectivity index (χ0v) is 8.48. The summed E-state index contributed by atoms with van der Waals surface area (Å²) >= 11 is 0. The molecular formula is C11H15F2N. The van der Waals surface area contributed by atoms with Gasteiger partial charge in [-0.25, -0.2) is 4.39 Å². The summed E-state index contributed by atoms with van der Waals surface area (Å²) in [4.78, 5) is 0. The van der Waals surface area contributed by atoms with Gasteiger partial charge in [0.25, 0.3) is 0 Å². The van der Waals surface area contributed by atoms with E-state index in [1.165, 1.54) is 6.07 Å². The molecule has 0 spiro atoms. The van der Waals surface area contributed by atoms with Crippen molar-refractivity contribution < 1.29 is 8.78 Å². The van der Waals surface area contributed by atoms with Crippen molar-refractivity contribution in [3.8, 4) is 0 Å². The maximum atomic E-state index is 13.0. The molecule has 78 valence electrons. The van der Waals surface area contributed by atoms with Crippen LogP contribution in [0.1, 0.15) is 18.1 Å². The molecule has 0 aliphatic rings. The molecule has 0 bridgehead atoms. The summed E-state index contributed by atoms with van der Waals surface area (Å²) in [6, 6.07) is 4.60. The predicted molar refractivity (Wildman–Crippen MR) is 53.5 cm³/mol. The molecule has 1 rings (SSSR count). The molecule has 3 heteroatoms. The molecule has 0 aliphatic carbocycles. The van der Waals surface area contributed by atoms with Gasteiger partial charge in [0.2, 0.25) is 0 Å². The lowest BCUT2D eigenvalue weighted by Crippen LogP contribution is -2.34. The van der Waals surface area contributed by atoms with E-state index in [-0.39, 0.29) is 12.4 Å². The molecule has 1 aromatic rings. The van der Waals surface area contributed by atoms with Gasteiger partial charge in [0.15, 0.2) is 0 Å². The van der Waals surface area contributed by atoms with Crippen LogP contribution in [0, 0.1) is 12.7 Å². The molecule has 2 N–H and O–H groups in total. The highest BCUT2D eigenvalue weighted by Gasteiger charge is 2.25. The summed E-state index contributed by atoms with van der Waals surface area (Å²) in [6.45, 7) is 3.08. The molecule has 0 heterocycles. The number of rotatable bonds is 3. The number of alkyl halides is 1. The lowest BCUT2D eigenvalue weighted by Gasteiger charge is -2.25. The van der Waals surface area contributed by atoms with E-state index in [2.05, 4.69) is 0 Å². The van der Waals surface area contributed by atoms with E-state index in [4.69, 9.17) is 5.73 Å². The van der Waals surface area contributed by atoms with Gasteiger partial charge in [0.05, 0.1) is 6.67 Å². The third-order valence-corrected chi connectivity index (χ3v) is 2.60. The van der Waals surface area contributed by atoms with Gasteiger partial charge in [-0.15, -0.1) is 0 Å². The van der Waals surface area contributed by atoms with E-state index in [0.29, 0.717) is 5.56 Å². The molecule has 1 atom stereocenters. The number of hydrogen-bond donors (Lipinski definition) is 1. The first-order chi connectivity index (χ1) is 6.53. The number of aryl methyl sites for hydroxylation is 1. The van der Waals surface area contributed by atoms with Crippen LogP contribution in [0.2, 0.25) is 0 Å². The zero-order chi connectivity index (χ0) is 10.8. The molecule has 0 saturated heterocycles. The van der Waals surface area contributed by atoms with Crippen LogP contribution in [-0.2, 0) is 5.41 Å². The van der Waals surface area contributed by atoms with Crippen molar-refractivity contribution in [3.63, 3.8) is 0 Å². The van der Waals surface area contributed by atoms with Crippen LogP contribution < -0.4 is 5.73 Å². The third-order valence-electron chi connectivity index (χ3n) is 2.60. The minimum absolute atomic E-state index is 0.217. The molecule has 0 saturated carbocycles. The van der Waals surface area contributed by atoms with Crippen molar-refractivity contribution in [1.82, 2.24) is 0 Å². The van der Waals surface area contributed by atoms with Gasteiger partial charge in [0, 0.05) is 12.0 Å². The van der Waals surface area contributed by atoms with Crippen LogP contribution >= 0.6 is 0 Å². The maximum Gasteiger partial charge on any atom is 0.126 e. The fraction of sp³-hybridized carbons (Fsp3) is 0.455. The average Bonchev–Trinajstić information content (AvgIpc) is 2.21. The van der Waals surface area contributed by atoms with Crippen molar-refractivity contribution in [1.29, 1.82) is 0 Å². The van der Waals surface area contributed by atoms with Gasteiger partial charge in [-0.3, -0.25) is 4.39 Å². The van der Waals surface area contributed by atoms with Gasteiger partial charge in [-0.1, -0.05) is 19.1 Å². The monoisotopic (exact) mass is 199 g/mol. The Hall–Kier alpha value is -0.960. The summed E-state index contributed by atoms with van der Waals surface area (Å²) in [5.74, 6) is -0.271. The van der Waals surface area contributed by atoms with E-state index >= 15 is 0 Å². The van der Waals surface area contributed by atoms with Crippen molar-refractivity contribution in [2.24, 2.45) is 5.73 Å². The Labute approximate surface area is 82.9 Å². The molecule has 0 radical (unpaired) electrons. The Balaban J connectivity index is 3.12. The molecule has 1 unspecified atom stereocenters. The molecule has 0 amide bonds. The Bertz CT molecular complexity index is 319. The maximum absolute atomic E-state index is 13.0. The Morgan fingerprint density at radius 3 is 2.50 bits per heavy atom. The Kier molecular flexibility index (Phi) is 3.21. The summed E-state index contributed by atoms with van der Waals surface area (Å²) in [6.07, 6.45) is 0. The van der Waals surface area contributed by atoms with E-state index in [0.717, 1.165) is 5.56 Å². The summed E-state index contributed by atoms with van der Waals surface area (Å²) in [7, 11) is 0. The Morgan fingerprint density at radius 1 is 1.43 bits per heavy atom. The first kappa shape index (κ1) is 11.1. The van der Waals surface area contributed by atoms with Crippen LogP contribution in [0.25, 0.3) is 0 Å². The molecular weight excluding hydrogens is 184 g/mol. The highest BCUT2D eigenvalue weighted by atomic mass is 19.1. The van der Waals surface area contributed by atoms with E-state index < -0.39 is 12.1 Å². The predicted octanol–water partition coefficient (Wildman–Crippen LogP) is 2.32. The lowest BCUT2D eigenvalue weighted by molar-refractivity contribution is 0.333. The summed E-state index contributed by atoms with van der Waals surface area (Å²) < 4.78 is 25.8. The van der Waals surface area contributed by atoms with Crippen LogP contribution in [0.4, 0.5) is 8.78 Å². The largest absolute Gasteiger partial charge is 0.329 e. The third kappa shape index (κ3) is 1.93. The van der Waals surface area contributed by atoms with Gasteiger partial charge in [-0.2, -0.15) is 0 Å². The van der Waals surface area contributed by atoms with Crippen LogP contribution in [0.3, 0.4) is 0 Å². The first-order valence-electron chi connectivity index (χ1n) is 4.56. The SMILES string of the molecule is Cc1cc(C(C)(CN)CF)ccc1F. The molecule has 0 aromatic heterocycles. The van der Waals surface area contributed by atoms with Crippen LogP contribution in [0.15, 0.2) is 18.2 Å². The second-order valence-corrected chi connectivity index (χ2v) is 3.86. The first-order valence-corrected chi connectivity index (χ1v) is 4.56. The fourth-order valence-electron chi connectivity index (χ4n) is 1.27. The van der Waals surface area contributed by atoms with Gasteiger partial charge in [-0.05, 0) is 24.1 Å². The van der Waals surface area contributed by atoms with E-state index in [1.807, 2.05) is 0 Å². The second-order valence-electron chi connectivity index (χ2n) is 3.86. The molecule has 0 fully saturated rings. The summed E-state index contributed by atoms with van der Waals surface area (Å²) in [5, 5.41) is 0. The number of halogens is 2. The molecule has 1 nitrogen and oxygen atoms in total. The van der Waals surface area contributed by atoms with Crippen LogP contribution in [0.5, 0.6) is 0 Å². The average molecular weight is 199 g/mol. The minimum Gasteiger partial charge on any atom is -0.329 e. The smallest absolute Gasteiger partial charge is 0.126 e. The van der Waals surface area contributed by atoms with Crippen molar-refractivity contribution >= 4 is 0 Å². The van der Waals surface area contributed by atoms with E-state index in [1.54, 1.807) is 26.0 Å². The molecule has 1 aromatic carbocycles. The van der Waals surface area contributed by atoms with Crippen molar-refractivity contribution in [2.45, 2.75) is 19.3 Å². The van der Waals surface area contributed by atoms with Crippen LogP contribution in [-0.4, -0.2) is 13.2 Å². The number of nitrogens with two attached hydrogens (primary N) is 1. The summed E-state index contributed by atoms with van der Waals surface area (Å²) in [5.41, 5.74) is 6.08. The van der Waals surface area contributed by atoms with Gasteiger partial charge in [0.1, 0.15) is 5.82 Å². The highest BCUT2D eigenvalue weighted by Crippen LogP contribution is 2.24. The van der Waals surface area contributed by atoms with Crippen molar-refractivity contribution in [3.05, 3.63) is 35.1 Å². The highest BCUT2D eigenvalue weighted by molar-refractivity contribution is 5.30. The standard InChI is InChI=1S/C11H15F2N/c1-8-5-9(3-4-10(8)13)11(2,6-12)7-14/h3-5H,6-7,14H2,1-2H3. The second kappa shape index (κ2) is 4.05. The zero-order valence-electron chi connectivity index (χ0n) is 8.48. The molecule has 0 aliphatic heterocycles. The van der Waals surface area contributed by atoms with Crippen molar-refractivity contribution in [2.75, 3.05) is 13.2 Å². The van der Waals surface area contributed by atoms with E-state index in [9.17, 15) is 8.78 Å². The number of hydrogen-bond acceptors (Lipinski definition) is 1. The van der Waals surface area contributed by atoms with Gasteiger partial charge >= 0.3 is 0 Å². The minimum atomic E-state index is -0.696. The number of benzene rings is 1. The normalized spacial score (nSPS) is 15.2. The Morgan fingerprint density at radius 2 is 2.07 bits per heavy atom. The topological polar surface area (TPSA) is 26.0 Å². The molecule has 14 heavy (non-hydrogen) atoms.